The lowest BCUT2D eigenvalue weighted by molar-refractivity contribution is -0.384. The van der Waals surface area contributed by atoms with E-state index in [4.69, 9.17) is 11.6 Å². The molecule has 1 aromatic heterocycles. The van der Waals surface area contributed by atoms with Crippen LogP contribution in [-0.4, -0.2) is 9.91 Å². The number of aromatic nitrogens is 1. The predicted octanol–water partition coefficient (Wildman–Crippen LogP) is 7.22. The number of hydrogen-bond donors (Lipinski definition) is 1. The summed E-state index contributed by atoms with van der Waals surface area (Å²) in [6.45, 7) is 0. The molecule has 5 aromatic rings. The smallest absolute Gasteiger partial charge is 0.279 e. The lowest BCUT2D eigenvalue weighted by Crippen LogP contribution is -1.95. The molecule has 0 spiro atoms. The van der Waals surface area contributed by atoms with Crippen molar-refractivity contribution in [1.82, 2.24) is 4.98 Å². The number of nitro groups is 1. The molecule has 140 valence electrons. The summed E-state index contributed by atoms with van der Waals surface area (Å²) < 4.78 is 0. The van der Waals surface area contributed by atoms with E-state index in [0.717, 1.165) is 38.5 Å². The molecule has 4 nitrogen and oxygen atoms in total. The molecule has 0 unspecified atom stereocenters. The van der Waals surface area contributed by atoms with Gasteiger partial charge in [-0.25, -0.2) is 0 Å². The molecule has 0 aliphatic heterocycles. The summed E-state index contributed by atoms with van der Waals surface area (Å²) in [5.41, 5.74) is 4.78. The van der Waals surface area contributed by atoms with Gasteiger partial charge in [-0.3, -0.25) is 10.1 Å². The SMILES string of the molecule is O=[N+]([O-])c1cc(-c2ccccc2)c2c([nH]c3cc(Cl)ccc32)c1-c1ccccc1. The molecule has 29 heavy (non-hydrogen) atoms. The Balaban J connectivity index is 2.01. The summed E-state index contributed by atoms with van der Waals surface area (Å²) in [7, 11) is 0. The number of nitro benzene ring substituents is 1. The molecule has 0 radical (unpaired) electrons. The maximum absolute atomic E-state index is 12.1. The molecule has 0 saturated heterocycles. The van der Waals surface area contributed by atoms with Gasteiger partial charge in [-0.15, -0.1) is 0 Å². The fourth-order valence-corrected chi connectivity index (χ4v) is 4.10. The van der Waals surface area contributed by atoms with Crippen molar-refractivity contribution in [3.63, 3.8) is 0 Å². The van der Waals surface area contributed by atoms with E-state index < -0.39 is 0 Å². The van der Waals surface area contributed by atoms with Crippen LogP contribution in [0.15, 0.2) is 84.9 Å². The minimum atomic E-state index is -0.313. The van der Waals surface area contributed by atoms with Crippen LogP contribution in [0.3, 0.4) is 0 Å². The zero-order chi connectivity index (χ0) is 20.0. The Morgan fingerprint density at radius 1 is 0.828 bits per heavy atom. The molecular formula is C24H15ClN2O2. The summed E-state index contributed by atoms with van der Waals surface area (Å²) in [5, 5.41) is 14.6. The highest BCUT2D eigenvalue weighted by atomic mass is 35.5. The number of nitrogens with one attached hydrogen (secondary N) is 1. The van der Waals surface area contributed by atoms with E-state index in [9.17, 15) is 10.1 Å². The molecule has 0 amide bonds. The van der Waals surface area contributed by atoms with Crippen molar-refractivity contribution >= 4 is 39.1 Å². The Morgan fingerprint density at radius 2 is 1.48 bits per heavy atom. The topological polar surface area (TPSA) is 58.9 Å². The minimum Gasteiger partial charge on any atom is -0.354 e. The van der Waals surface area contributed by atoms with Gasteiger partial charge in [-0.05, 0) is 28.8 Å². The lowest BCUT2D eigenvalue weighted by Gasteiger charge is -2.10. The van der Waals surface area contributed by atoms with Crippen molar-refractivity contribution < 1.29 is 4.92 Å². The second-order valence-corrected chi connectivity index (χ2v) is 7.31. The maximum atomic E-state index is 12.1. The number of rotatable bonds is 3. The summed E-state index contributed by atoms with van der Waals surface area (Å²) in [4.78, 5) is 15.2. The van der Waals surface area contributed by atoms with E-state index in [1.165, 1.54) is 0 Å². The molecule has 4 aromatic carbocycles. The number of fused-ring (bicyclic) bond motifs is 3. The van der Waals surface area contributed by atoms with Gasteiger partial charge in [-0.1, -0.05) is 78.3 Å². The third kappa shape index (κ3) is 2.85. The molecule has 0 saturated carbocycles. The number of benzene rings is 4. The van der Waals surface area contributed by atoms with E-state index in [2.05, 4.69) is 4.98 Å². The molecule has 0 fully saturated rings. The Morgan fingerprint density at radius 3 is 2.14 bits per heavy atom. The van der Waals surface area contributed by atoms with Crippen LogP contribution in [0.4, 0.5) is 5.69 Å². The van der Waals surface area contributed by atoms with Crippen LogP contribution >= 0.6 is 11.6 Å². The van der Waals surface area contributed by atoms with Gasteiger partial charge < -0.3 is 4.98 Å². The molecular weight excluding hydrogens is 384 g/mol. The van der Waals surface area contributed by atoms with Crippen LogP contribution in [-0.2, 0) is 0 Å². The summed E-state index contributed by atoms with van der Waals surface area (Å²) >= 11 is 6.21. The van der Waals surface area contributed by atoms with Crippen molar-refractivity contribution in [2.24, 2.45) is 0 Å². The van der Waals surface area contributed by atoms with E-state index in [1.54, 1.807) is 6.07 Å². The summed E-state index contributed by atoms with van der Waals surface area (Å²) in [5.74, 6) is 0. The van der Waals surface area contributed by atoms with Gasteiger partial charge in [0.1, 0.15) is 0 Å². The van der Waals surface area contributed by atoms with Crippen molar-refractivity contribution in [2.45, 2.75) is 0 Å². The maximum Gasteiger partial charge on any atom is 0.279 e. The highest BCUT2D eigenvalue weighted by molar-refractivity contribution is 6.32. The van der Waals surface area contributed by atoms with Gasteiger partial charge in [0.05, 0.1) is 16.0 Å². The first-order valence-corrected chi connectivity index (χ1v) is 9.54. The second-order valence-electron chi connectivity index (χ2n) is 6.87. The van der Waals surface area contributed by atoms with E-state index >= 15 is 0 Å². The van der Waals surface area contributed by atoms with Crippen LogP contribution in [0.25, 0.3) is 44.1 Å². The Hall–Kier alpha value is -3.63. The number of H-pyrrole nitrogens is 1. The minimum absolute atomic E-state index is 0.0696. The van der Waals surface area contributed by atoms with Crippen molar-refractivity contribution in [3.05, 3.63) is 100 Å². The fraction of sp³-hybridized carbons (Fsp3) is 0. The number of aromatic amines is 1. The van der Waals surface area contributed by atoms with Crippen molar-refractivity contribution in [3.8, 4) is 22.3 Å². The van der Waals surface area contributed by atoms with Crippen LogP contribution in [0.2, 0.25) is 5.02 Å². The average molecular weight is 399 g/mol. The highest BCUT2D eigenvalue weighted by Gasteiger charge is 2.25. The number of hydrogen-bond acceptors (Lipinski definition) is 2. The number of halogens is 1. The highest BCUT2D eigenvalue weighted by Crippen LogP contribution is 2.45. The van der Waals surface area contributed by atoms with E-state index in [1.807, 2.05) is 78.9 Å². The van der Waals surface area contributed by atoms with Crippen LogP contribution in [0, 0.1) is 10.1 Å². The van der Waals surface area contributed by atoms with Gasteiger partial charge >= 0.3 is 0 Å². The molecule has 0 atom stereocenters. The Labute approximate surface area is 171 Å². The summed E-state index contributed by atoms with van der Waals surface area (Å²) in [6, 6.07) is 26.5. The van der Waals surface area contributed by atoms with Crippen molar-refractivity contribution in [1.29, 1.82) is 0 Å². The predicted molar refractivity (Wildman–Crippen MR) is 118 cm³/mol. The average Bonchev–Trinajstić information content (AvgIpc) is 3.12. The van der Waals surface area contributed by atoms with Crippen LogP contribution in [0.5, 0.6) is 0 Å². The van der Waals surface area contributed by atoms with Gasteiger partial charge in [0, 0.05) is 27.4 Å². The molecule has 1 N–H and O–H groups in total. The van der Waals surface area contributed by atoms with Gasteiger partial charge in [-0.2, -0.15) is 0 Å². The molecule has 5 heteroatoms. The Kier molecular flexibility index (Phi) is 4.07. The molecule has 0 aliphatic rings. The normalized spacial score (nSPS) is 11.2. The van der Waals surface area contributed by atoms with E-state index in [-0.39, 0.29) is 10.6 Å². The third-order valence-electron chi connectivity index (χ3n) is 5.16. The summed E-state index contributed by atoms with van der Waals surface area (Å²) in [6.07, 6.45) is 0. The van der Waals surface area contributed by atoms with Gasteiger partial charge in [0.2, 0.25) is 0 Å². The standard InChI is InChI=1S/C24H15ClN2O2/c25-17-11-12-18-20(13-17)26-24-22(16-9-5-2-6-10-16)21(27(28)29)14-19(23(18)24)15-7-3-1-4-8-15/h1-14,26H. The fourth-order valence-electron chi connectivity index (χ4n) is 3.93. The Bertz CT molecular complexity index is 1380. The first-order chi connectivity index (χ1) is 14.1. The van der Waals surface area contributed by atoms with Crippen LogP contribution < -0.4 is 0 Å². The molecule has 1 heterocycles. The zero-order valence-electron chi connectivity index (χ0n) is 15.2. The first kappa shape index (κ1) is 17.5. The third-order valence-corrected chi connectivity index (χ3v) is 5.40. The number of nitrogens with zero attached hydrogens (tertiary/aromatic N) is 1. The monoisotopic (exact) mass is 398 g/mol. The largest absolute Gasteiger partial charge is 0.354 e. The van der Waals surface area contributed by atoms with Gasteiger partial charge in [0.15, 0.2) is 0 Å². The van der Waals surface area contributed by atoms with Crippen molar-refractivity contribution in [2.75, 3.05) is 0 Å². The first-order valence-electron chi connectivity index (χ1n) is 9.16. The van der Waals surface area contributed by atoms with Gasteiger partial charge in [0.25, 0.3) is 5.69 Å². The molecule has 5 rings (SSSR count). The quantitative estimate of drug-likeness (QED) is 0.257. The van der Waals surface area contributed by atoms with Crippen LogP contribution in [0.1, 0.15) is 0 Å². The second kappa shape index (κ2) is 6.76. The lowest BCUT2D eigenvalue weighted by atomic mass is 9.93. The van der Waals surface area contributed by atoms with E-state index in [0.29, 0.717) is 10.6 Å². The molecule has 0 bridgehead atoms. The molecule has 0 aliphatic carbocycles. The zero-order valence-corrected chi connectivity index (χ0v) is 16.0.